The fourth-order valence-corrected chi connectivity index (χ4v) is 6.98. The molecule has 0 aliphatic heterocycles. The monoisotopic (exact) mass is 637 g/mol. The van der Waals surface area contributed by atoms with Gasteiger partial charge in [-0.15, -0.1) is 11.8 Å². The first kappa shape index (κ1) is 32.9. The van der Waals surface area contributed by atoms with Crippen LogP contribution in [-0.2, 0) is 14.3 Å². The van der Waals surface area contributed by atoms with Gasteiger partial charge in [0.25, 0.3) is 0 Å². The number of thioether (sulfide) groups is 1. The highest BCUT2D eigenvalue weighted by molar-refractivity contribution is 7.99. The minimum Gasteiger partial charge on any atom is -0.464 e. The van der Waals surface area contributed by atoms with Gasteiger partial charge in [0.15, 0.2) is 0 Å². The summed E-state index contributed by atoms with van der Waals surface area (Å²) in [6.45, 7) is 8.72. The average Bonchev–Trinajstić information content (AvgIpc) is 3.36. The Kier molecular flexibility index (Phi) is 11.3. The highest BCUT2D eigenvalue weighted by Gasteiger charge is 2.30. The molecule has 0 heterocycles. The average molecular weight is 638 g/mol. The molecule has 0 saturated carbocycles. The molecule has 4 aromatic carbocycles. The van der Waals surface area contributed by atoms with E-state index in [4.69, 9.17) is 9.47 Å². The van der Waals surface area contributed by atoms with Gasteiger partial charge in [-0.3, -0.25) is 0 Å². The van der Waals surface area contributed by atoms with Crippen LogP contribution < -0.4 is 16.0 Å². The lowest BCUT2D eigenvalue weighted by Gasteiger charge is -2.22. The van der Waals surface area contributed by atoms with Crippen LogP contribution in [0.15, 0.2) is 102 Å². The molecule has 3 N–H and O–H groups in total. The Labute approximate surface area is 276 Å². The third-order valence-electron chi connectivity index (χ3n) is 7.88. The van der Waals surface area contributed by atoms with Gasteiger partial charge in [0.1, 0.15) is 12.6 Å². The zero-order valence-electron chi connectivity index (χ0n) is 26.9. The maximum Gasteiger partial charge on any atom is 0.407 e. The minimum atomic E-state index is -0.896. The SMILES string of the molecule is CCOC(=O)C(CSc1cc(Nc2ccccc2)ccc1NC(C)CC(C)C)NC(=O)OCC1c2ccccc2-c2ccccc21. The second-order valence-electron chi connectivity index (χ2n) is 12.0. The van der Waals surface area contributed by atoms with Gasteiger partial charge < -0.3 is 25.4 Å². The van der Waals surface area contributed by atoms with Crippen LogP contribution in [0.5, 0.6) is 0 Å². The Morgan fingerprint density at radius 2 is 1.46 bits per heavy atom. The molecule has 5 rings (SSSR count). The summed E-state index contributed by atoms with van der Waals surface area (Å²) in [6.07, 6.45) is 0.368. The van der Waals surface area contributed by atoms with Gasteiger partial charge in [-0.1, -0.05) is 80.6 Å². The van der Waals surface area contributed by atoms with Crippen molar-refractivity contribution in [1.82, 2.24) is 5.32 Å². The van der Waals surface area contributed by atoms with Gasteiger partial charge in [-0.05, 0) is 78.8 Å². The molecule has 240 valence electrons. The van der Waals surface area contributed by atoms with Crippen LogP contribution in [0.4, 0.5) is 21.9 Å². The fraction of sp³-hybridized carbons (Fsp3) is 0.316. The van der Waals surface area contributed by atoms with Crippen LogP contribution in [-0.4, -0.2) is 43.1 Å². The van der Waals surface area contributed by atoms with Crippen molar-refractivity contribution in [2.45, 2.75) is 57.0 Å². The fourth-order valence-electron chi connectivity index (χ4n) is 5.93. The second kappa shape index (κ2) is 15.7. The lowest BCUT2D eigenvalue weighted by Crippen LogP contribution is -2.44. The summed E-state index contributed by atoms with van der Waals surface area (Å²) in [4.78, 5) is 27.2. The third kappa shape index (κ3) is 8.43. The molecule has 0 bridgehead atoms. The number of carbonyl (C=O) groups excluding carboxylic acids is 2. The Hall–Kier alpha value is -4.43. The summed E-state index contributed by atoms with van der Waals surface area (Å²) in [5.41, 5.74) is 7.45. The van der Waals surface area contributed by atoms with Crippen LogP contribution in [0, 0.1) is 5.92 Å². The van der Waals surface area contributed by atoms with E-state index in [9.17, 15) is 9.59 Å². The highest BCUT2D eigenvalue weighted by Crippen LogP contribution is 2.44. The predicted octanol–water partition coefficient (Wildman–Crippen LogP) is 8.84. The number of anilines is 3. The first-order valence-electron chi connectivity index (χ1n) is 16.0. The maximum absolute atomic E-state index is 13.2. The molecule has 4 aromatic rings. The molecule has 0 aromatic heterocycles. The first-order chi connectivity index (χ1) is 22.3. The van der Waals surface area contributed by atoms with E-state index < -0.39 is 18.1 Å². The number of amides is 1. The number of hydrogen-bond acceptors (Lipinski definition) is 7. The summed E-state index contributed by atoms with van der Waals surface area (Å²) in [6, 6.07) is 31.9. The lowest BCUT2D eigenvalue weighted by atomic mass is 9.98. The summed E-state index contributed by atoms with van der Waals surface area (Å²) in [7, 11) is 0. The molecule has 2 unspecified atom stereocenters. The van der Waals surface area contributed by atoms with Gasteiger partial charge in [-0.25, -0.2) is 9.59 Å². The summed E-state index contributed by atoms with van der Waals surface area (Å²) in [5, 5.41) is 9.89. The summed E-state index contributed by atoms with van der Waals surface area (Å²) < 4.78 is 11.1. The molecule has 46 heavy (non-hydrogen) atoms. The van der Waals surface area contributed by atoms with Crippen molar-refractivity contribution >= 4 is 40.9 Å². The van der Waals surface area contributed by atoms with Crippen molar-refractivity contribution in [1.29, 1.82) is 0 Å². The molecule has 1 amide bonds. The summed E-state index contributed by atoms with van der Waals surface area (Å²) in [5.74, 6) is 0.247. The van der Waals surface area contributed by atoms with Gasteiger partial charge in [0.2, 0.25) is 0 Å². The van der Waals surface area contributed by atoms with Gasteiger partial charge in [0.05, 0.1) is 6.61 Å². The molecule has 0 radical (unpaired) electrons. The van der Waals surface area contributed by atoms with E-state index >= 15 is 0 Å². The summed E-state index contributed by atoms with van der Waals surface area (Å²) >= 11 is 1.49. The number of para-hydroxylation sites is 1. The van der Waals surface area contributed by atoms with E-state index in [-0.39, 0.29) is 30.9 Å². The van der Waals surface area contributed by atoms with Crippen molar-refractivity contribution in [3.05, 3.63) is 108 Å². The van der Waals surface area contributed by atoms with E-state index in [0.717, 1.165) is 50.6 Å². The number of nitrogens with one attached hydrogen (secondary N) is 3. The molecule has 8 heteroatoms. The highest BCUT2D eigenvalue weighted by atomic mass is 32.2. The number of esters is 1. The number of rotatable bonds is 14. The standard InChI is InChI=1S/C38H43N3O4S/c1-5-44-37(42)35(41-38(43)45-23-33-31-17-11-9-15-29(31)30-16-10-12-18-32(30)33)24-46-36-22-28(40-27-13-7-6-8-14-27)19-20-34(36)39-26(4)21-25(2)3/h6-20,22,25-26,33,35,39-40H,5,21,23-24H2,1-4H3,(H,41,43). The van der Waals surface area contributed by atoms with E-state index in [2.05, 4.69) is 73.1 Å². The minimum absolute atomic E-state index is 0.0742. The van der Waals surface area contributed by atoms with E-state index in [1.54, 1.807) is 6.92 Å². The van der Waals surface area contributed by atoms with Crippen LogP contribution in [0.3, 0.4) is 0 Å². The normalized spacial score (nSPS) is 13.3. The molecule has 0 fully saturated rings. The number of fused-ring (bicyclic) bond motifs is 3. The van der Waals surface area contributed by atoms with E-state index in [1.807, 2.05) is 60.7 Å². The van der Waals surface area contributed by atoms with Crippen LogP contribution in [0.25, 0.3) is 11.1 Å². The van der Waals surface area contributed by atoms with Crippen molar-refractivity contribution in [3.8, 4) is 11.1 Å². The van der Waals surface area contributed by atoms with E-state index in [1.165, 1.54) is 11.8 Å². The topological polar surface area (TPSA) is 88.7 Å². The van der Waals surface area contributed by atoms with Gasteiger partial charge >= 0.3 is 12.1 Å². The number of benzene rings is 4. The lowest BCUT2D eigenvalue weighted by molar-refractivity contribution is -0.144. The van der Waals surface area contributed by atoms with Gasteiger partial charge in [0, 0.05) is 39.7 Å². The Morgan fingerprint density at radius 1 is 0.804 bits per heavy atom. The Bertz CT molecular complexity index is 1580. The zero-order valence-corrected chi connectivity index (χ0v) is 27.7. The molecular formula is C38H43N3O4S. The maximum atomic E-state index is 13.2. The first-order valence-corrected chi connectivity index (χ1v) is 16.9. The molecular weight excluding hydrogens is 595 g/mol. The van der Waals surface area contributed by atoms with E-state index in [0.29, 0.717) is 5.92 Å². The molecule has 1 aliphatic carbocycles. The second-order valence-corrected chi connectivity index (χ2v) is 13.0. The number of ether oxygens (including phenoxy) is 2. The number of hydrogen-bond donors (Lipinski definition) is 3. The van der Waals surface area contributed by atoms with Crippen molar-refractivity contribution in [3.63, 3.8) is 0 Å². The number of carbonyl (C=O) groups is 2. The molecule has 2 atom stereocenters. The van der Waals surface area contributed by atoms with Crippen molar-refractivity contribution < 1.29 is 19.1 Å². The molecule has 0 saturated heterocycles. The third-order valence-corrected chi connectivity index (χ3v) is 9.03. The quantitative estimate of drug-likeness (QED) is 0.0940. The van der Waals surface area contributed by atoms with Gasteiger partial charge in [-0.2, -0.15) is 0 Å². The molecule has 0 spiro atoms. The van der Waals surface area contributed by atoms with Crippen LogP contribution >= 0.6 is 11.8 Å². The zero-order chi connectivity index (χ0) is 32.5. The Balaban J connectivity index is 1.29. The van der Waals surface area contributed by atoms with Crippen LogP contribution in [0.2, 0.25) is 0 Å². The smallest absolute Gasteiger partial charge is 0.407 e. The van der Waals surface area contributed by atoms with Crippen LogP contribution in [0.1, 0.15) is 51.2 Å². The van der Waals surface area contributed by atoms with Crippen molar-refractivity contribution in [2.24, 2.45) is 5.92 Å². The number of alkyl carbamates (subject to hydrolysis) is 1. The van der Waals surface area contributed by atoms with Crippen molar-refractivity contribution in [2.75, 3.05) is 29.6 Å². The largest absolute Gasteiger partial charge is 0.464 e. The predicted molar refractivity (Wildman–Crippen MR) is 188 cm³/mol. The Morgan fingerprint density at radius 3 is 2.11 bits per heavy atom. The molecule has 7 nitrogen and oxygen atoms in total. The molecule has 1 aliphatic rings.